The smallest absolute Gasteiger partial charge is 0.194 e. The first-order chi connectivity index (χ1) is 6.60. The highest BCUT2D eigenvalue weighted by atomic mass is 19.2. The molecule has 1 rings (SSSR count). The largest absolute Gasteiger partial charge is 0.204 e. The van der Waals surface area contributed by atoms with Crippen LogP contribution in [0.15, 0.2) is 12.1 Å². The fourth-order valence-electron chi connectivity index (χ4n) is 0.920. The van der Waals surface area contributed by atoms with Gasteiger partial charge in [-0.05, 0) is 17.7 Å². The molecule has 0 unspecified atom stereocenters. The Bertz CT molecular complexity index is 405. The molecule has 0 saturated carbocycles. The Morgan fingerprint density at radius 1 is 1.00 bits per heavy atom. The molecule has 14 heavy (non-hydrogen) atoms. The van der Waals surface area contributed by atoms with Gasteiger partial charge in [0.1, 0.15) is 0 Å². The lowest BCUT2D eigenvalue weighted by atomic mass is 10.0. The molecule has 0 spiro atoms. The third-order valence-corrected chi connectivity index (χ3v) is 1.60. The number of rotatable bonds is 1. The van der Waals surface area contributed by atoms with Gasteiger partial charge in [-0.3, -0.25) is 0 Å². The Morgan fingerprint density at radius 2 is 1.43 bits per heavy atom. The molecule has 0 bridgehead atoms. The lowest BCUT2D eigenvalue weighted by Gasteiger charge is -2.01. The summed E-state index contributed by atoms with van der Waals surface area (Å²) >= 11 is 0. The third-order valence-electron chi connectivity index (χ3n) is 1.60. The molecule has 0 aliphatic carbocycles. The SMILES string of the molecule is N#CC(C#N)c1cc(F)c(F)c(F)c1. The molecule has 1 aromatic rings. The second-order valence-electron chi connectivity index (χ2n) is 2.49. The van der Waals surface area contributed by atoms with Crippen molar-refractivity contribution in [1.82, 2.24) is 0 Å². The summed E-state index contributed by atoms with van der Waals surface area (Å²) in [4.78, 5) is 0. The minimum atomic E-state index is -1.61. The fraction of sp³-hybridized carbons (Fsp3) is 0.111. The molecule has 0 N–H and O–H groups in total. The second kappa shape index (κ2) is 3.80. The molecule has 5 heteroatoms. The van der Waals surface area contributed by atoms with E-state index in [0.29, 0.717) is 12.1 Å². The van der Waals surface area contributed by atoms with E-state index in [-0.39, 0.29) is 5.56 Å². The van der Waals surface area contributed by atoms with Gasteiger partial charge in [-0.25, -0.2) is 13.2 Å². The van der Waals surface area contributed by atoms with E-state index in [1.54, 1.807) is 0 Å². The van der Waals surface area contributed by atoms with Crippen LogP contribution < -0.4 is 0 Å². The predicted octanol–water partition coefficient (Wildman–Crippen LogP) is 2.23. The second-order valence-corrected chi connectivity index (χ2v) is 2.49. The van der Waals surface area contributed by atoms with E-state index in [1.165, 1.54) is 12.1 Å². The molecule has 0 atom stereocenters. The van der Waals surface area contributed by atoms with E-state index in [9.17, 15) is 13.2 Å². The van der Waals surface area contributed by atoms with E-state index in [2.05, 4.69) is 0 Å². The van der Waals surface area contributed by atoms with Gasteiger partial charge < -0.3 is 0 Å². The van der Waals surface area contributed by atoms with Crippen molar-refractivity contribution in [1.29, 1.82) is 10.5 Å². The van der Waals surface area contributed by atoms with Crippen LogP contribution in [0.3, 0.4) is 0 Å². The predicted molar refractivity (Wildman–Crippen MR) is 40.3 cm³/mol. The molecule has 0 aliphatic rings. The molecule has 0 saturated heterocycles. The van der Waals surface area contributed by atoms with Gasteiger partial charge in [-0.2, -0.15) is 10.5 Å². The highest BCUT2D eigenvalue weighted by Gasteiger charge is 2.16. The van der Waals surface area contributed by atoms with Crippen molar-refractivity contribution in [2.24, 2.45) is 0 Å². The van der Waals surface area contributed by atoms with Gasteiger partial charge in [0.2, 0.25) is 0 Å². The van der Waals surface area contributed by atoms with Crippen LogP contribution >= 0.6 is 0 Å². The van der Waals surface area contributed by atoms with E-state index in [0.717, 1.165) is 0 Å². The summed E-state index contributed by atoms with van der Waals surface area (Å²) in [7, 11) is 0. The molecule has 1 aromatic carbocycles. The molecule has 0 aromatic heterocycles. The first-order valence-electron chi connectivity index (χ1n) is 3.53. The first-order valence-corrected chi connectivity index (χ1v) is 3.53. The minimum absolute atomic E-state index is 0.189. The van der Waals surface area contributed by atoms with Gasteiger partial charge in [0, 0.05) is 0 Å². The maximum atomic E-state index is 12.6. The average molecular weight is 196 g/mol. The van der Waals surface area contributed by atoms with Crippen molar-refractivity contribution >= 4 is 0 Å². The molecule has 70 valence electrons. The Labute approximate surface area is 77.8 Å². The summed E-state index contributed by atoms with van der Waals surface area (Å²) in [6.45, 7) is 0. The van der Waals surface area contributed by atoms with Crippen molar-refractivity contribution in [2.45, 2.75) is 5.92 Å². The Hall–Kier alpha value is -2.01. The number of halogens is 3. The van der Waals surface area contributed by atoms with Gasteiger partial charge in [-0.15, -0.1) is 0 Å². The van der Waals surface area contributed by atoms with Crippen LogP contribution in [-0.2, 0) is 0 Å². The number of nitriles is 2. The average Bonchev–Trinajstić information content (AvgIpc) is 2.16. The van der Waals surface area contributed by atoms with E-state index in [4.69, 9.17) is 10.5 Å². The zero-order valence-corrected chi connectivity index (χ0v) is 6.76. The zero-order chi connectivity index (χ0) is 10.7. The summed E-state index contributed by atoms with van der Waals surface area (Å²) in [5.41, 5.74) is -0.189. The number of nitrogens with zero attached hydrogens (tertiary/aromatic N) is 2. The summed E-state index contributed by atoms with van der Waals surface area (Å²) in [5, 5.41) is 16.8. The van der Waals surface area contributed by atoms with Crippen molar-refractivity contribution < 1.29 is 13.2 Å². The van der Waals surface area contributed by atoms with Gasteiger partial charge in [0.25, 0.3) is 0 Å². The van der Waals surface area contributed by atoms with Crippen molar-refractivity contribution in [2.75, 3.05) is 0 Å². The molecular formula is C9H3F3N2. The lowest BCUT2D eigenvalue weighted by Crippen LogP contribution is -1.98. The fourth-order valence-corrected chi connectivity index (χ4v) is 0.920. The molecule has 0 heterocycles. The first kappa shape index (κ1) is 10.1. The summed E-state index contributed by atoms with van der Waals surface area (Å²) < 4.78 is 37.7. The van der Waals surface area contributed by atoms with E-state index >= 15 is 0 Å². The van der Waals surface area contributed by atoms with Crippen molar-refractivity contribution in [3.8, 4) is 12.1 Å². The topological polar surface area (TPSA) is 47.6 Å². The zero-order valence-electron chi connectivity index (χ0n) is 6.76. The van der Waals surface area contributed by atoms with Crippen molar-refractivity contribution in [3.63, 3.8) is 0 Å². The number of benzene rings is 1. The molecule has 0 aliphatic heterocycles. The Kier molecular flexibility index (Phi) is 2.73. The molecule has 2 nitrogen and oxygen atoms in total. The van der Waals surface area contributed by atoms with Crippen LogP contribution in [0.5, 0.6) is 0 Å². The number of hydrogen-bond donors (Lipinski definition) is 0. The summed E-state index contributed by atoms with van der Waals surface area (Å²) in [5.74, 6) is -5.71. The highest BCUT2D eigenvalue weighted by molar-refractivity contribution is 5.32. The molecule has 0 radical (unpaired) electrons. The van der Waals surface area contributed by atoms with Crippen LogP contribution in [0, 0.1) is 40.1 Å². The monoisotopic (exact) mass is 196 g/mol. The number of hydrogen-bond acceptors (Lipinski definition) is 2. The van der Waals surface area contributed by atoms with Crippen LogP contribution in [0.25, 0.3) is 0 Å². The van der Waals surface area contributed by atoms with E-state index in [1.807, 2.05) is 0 Å². The summed E-state index contributed by atoms with van der Waals surface area (Å²) in [6, 6.07) is 4.32. The Morgan fingerprint density at radius 3 is 1.79 bits per heavy atom. The molecule has 0 amide bonds. The molecule has 0 fully saturated rings. The normalized spacial score (nSPS) is 9.57. The van der Waals surface area contributed by atoms with Crippen LogP contribution in [0.2, 0.25) is 0 Å². The van der Waals surface area contributed by atoms with E-state index < -0.39 is 23.4 Å². The van der Waals surface area contributed by atoms with Crippen LogP contribution in [0.1, 0.15) is 11.5 Å². The van der Waals surface area contributed by atoms with Gasteiger partial charge in [0.15, 0.2) is 23.4 Å². The maximum Gasteiger partial charge on any atom is 0.194 e. The minimum Gasteiger partial charge on any atom is -0.204 e. The van der Waals surface area contributed by atoms with Crippen LogP contribution in [0.4, 0.5) is 13.2 Å². The van der Waals surface area contributed by atoms with Gasteiger partial charge >= 0.3 is 0 Å². The van der Waals surface area contributed by atoms with Crippen molar-refractivity contribution in [3.05, 3.63) is 35.1 Å². The quantitative estimate of drug-likeness (QED) is 0.646. The standard InChI is InChI=1S/C9H3F3N2/c10-7-1-5(6(3-13)4-14)2-8(11)9(7)12/h1-2,6H. The maximum absolute atomic E-state index is 12.6. The Balaban J connectivity index is 3.28. The highest BCUT2D eigenvalue weighted by Crippen LogP contribution is 2.19. The third kappa shape index (κ3) is 1.67. The van der Waals surface area contributed by atoms with Gasteiger partial charge in [0.05, 0.1) is 12.1 Å². The molecular weight excluding hydrogens is 193 g/mol. The lowest BCUT2D eigenvalue weighted by molar-refractivity contribution is 0.445. The summed E-state index contributed by atoms with van der Waals surface area (Å²) in [6.07, 6.45) is 0. The van der Waals surface area contributed by atoms with Crippen LogP contribution in [-0.4, -0.2) is 0 Å². The van der Waals surface area contributed by atoms with Gasteiger partial charge in [-0.1, -0.05) is 0 Å².